The second-order valence-electron chi connectivity index (χ2n) is 6.44. The van der Waals surface area contributed by atoms with Crippen molar-refractivity contribution in [1.29, 1.82) is 0 Å². The molecule has 1 saturated heterocycles. The maximum atomic E-state index is 12.5. The number of rotatable bonds is 6. The van der Waals surface area contributed by atoms with Crippen LogP contribution in [0.4, 0.5) is 0 Å². The van der Waals surface area contributed by atoms with Crippen LogP contribution in [0, 0.1) is 0 Å². The van der Waals surface area contributed by atoms with E-state index in [1.54, 1.807) is 6.08 Å². The molecule has 2 amide bonds. The minimum absolute atomic E-state index is 0. The van der Waals surface area contributed by atoms with E-state index >= 15 is 0 Å². The first-order valence-electron chi connectivity index (χ1n) is 8.75. The summed E-state index contributed by atoms with van der Waals surface area (Å²) in [7, 11) is 0. The third-order valence-electron chi connectivity index (χ3n) is 4.58. The molecule has 3 rings (SSSR count). The molecule has 1 unspecified atom stereocenters. The summed E-state index contributed by atoms with van der Waals surface area (Å²) in [5, 5.41) is 23.0. The average Bonchev–Trinajstić information content (AvgIpc) is 2.69. The third kappa shape index (κ3) is 4.70. The Hall–Kier alpha value is -1.78. The van der Waals surface area contributed by atoms with E-state index in [1.165, 1.54) is 36.0 Å². The number of aromatic hydroxyl groups is 1. The van der Waals surface area contributed by atoms with E-state index in [-0.39, 0.29) is 41.0 Å². The second-order valence-corrected chi connectivity index (χ2v) is 7.54. The molecule has 8 nitrogen and oxygen atoms in total. The van der Waals surface area contributed by atoms with Gasteiger partial charge in [0.25, 0.3) is 5.91 Å². The summed E-state index contributed by atoms with van der Waals surface area (Å²) in [6.07, 6.45) is 4.24. The predicted octanol–water partition coefficient (Wildman–Crippen LogP) is -3.23. The van der Waals surface area contributed by atoms with Gasteiger partial charge in [-0.3, -0.25) is 14.5 Å². The molecule has 148 valence electrons. The molecule has 3 atom stereocenters. The monoisotopic (exact) mass is 425 g/mol. The van der Waals surface area contributed by atoms with Crippen molar-refractivity contribution in [3.8, 4) is 5.75 Å². The van der Waals surface area contributed by atoms with Crippen LogP contribution < -0.4 is 45.7 Å². The molecule has 1 fully saturated rings. The first kappa shape index (κ1) is 23.5. The molecule has 1 aromatic rings. The Morgan fingerprint density at radius 2 is 2.07 bits per heavy atom. The minimum Gasteiger partial charge on any atom is -0.543 e. The number of carboxylic acids is 1. The summed E-state index contributed by atoms with van der Waals surface area (Å²) in [6, 6.07) is 4.00. The number of nitrogens with zero attached hydrogens (tertiary/aromatic N) is 1. The Morgan fingerprint density at radius 1 is 1.41 bits per heavy atom. The number of amides is 2. The smallest absolute Gasteiger partial charge is 0.543 e. The van der Waals surface area contributed by atoms with E-state index in [2.05, 4.69) is 5.32 Å². The number of fused-ring (bicyclic) bond motifs is 1. The molecule has 0 saturated carbocycles. The van der Waals surface area contributed by atoms with Gasteiger partial charge in [0.05, 0.1) is 11.7 Å². The van der Waals surface area contributed by atoms with Gasteiger partial charge in [0.15, 0.2) is 0 Å². The van der Waals surface area contributed by atoms with Crippen molar-refractivity contribution in [2.24, 2.45) is 5.73 Å². The molecule has 0 aromatic heterocycles. The largest absolute Gasteiger partial charge is 1.00 e. The van der Waals surface area contributed by atoms with E-state index in [1.807, 2.05) is 13.0 Å². The molecule has 2 aliphatic rings. The molecule has 2 aliphatic heterocycles. The Morgan fingerprint density at radius 3 is 2.66 bits per heavy atom. The van der Waals surface area contributed by atoms with Crippen LogP contribution in [-0.2, 0) is 14.4 Å². The Balaban J connectivity index is 0.00000300. The van der Waals surface area contributed by atoms with Gasteiger partial charge in [0, 0.05) is 5.75 Å². The third-order valence-corrected chi connectivity index (χ3v) is 5.88. The van der Waals surface area contributed by atoms with Crippen molar-refractivity contribution >= 4 is 29.5 Å². The molecule has 10 heteroatoms. The number of aliphatic carboxylic acids is 1. The number of carbonyl (C=O) groups excluding carboxylic acids is 3. The van der Waals surface area contributed by atoms with Crippen LogP contribution in [0.3, 0.4) is 0 Å². The Labute approximate surface area is 194 Å². The second kappa shape index (κ2) is 9.82. The summed E-state index contributed by atoms with van der Waals surface area (Å²) in [6.45, 7) is 1.92. The van der Waals surface area contributed by atoms with Crippen LogP contribution in [0.2, 0.25) is 0 Å². The van der Waals surface area contributed by atoms with E-state index in [0.29, 0.717) is 16.9 Å². The molecule has 0 spiro atoms. The standard InChI is InChI=1S/C19H21N3O5S.Na/c1-2-3-4-11-9-28-18-14(17(25)22(18)15(11)19(26)27)21-16(24)13(20)10-5-7-12(23)8-6-10;/h3-8,13-14,18,23H,2,9,20H2,1H3,(H,21,24)(H,26,27);/q;+1/p-1/b4-3-;/t13?,14-,18+;/m1./s1. The van der Waals surface area contributed by atoms with Crippen LogP contribution in [0.1, 0.15) is 24.9 Å². The van der Waals surface area contributed by atoms with Gasteiger partial charge in [-0.25, -0.2) is 0 Å². The van der Waals surface area contributed by atoms with Gasteiger partial charge in [-0.05, 0) is 29.7 Å². The summed E-state index contributed by atoms with van der Waals surface area (Å²) in [5.41, 5.74) is 6.79. The van der Waals surface area contributed by atoms with Gasteiger partial charge in [-0.1, -0.05) is 31.2 Å². The normalized spacial score (nSPS) is 21.9. The number of hydrogen-bond donors (Lipinski definition) is 3. The zero-order chi connectivity index (χ0) is 20.4. The molecular weight excluding hydrogens is 405 g/mol. The number of nitrogens with one attached hydrogen (secondary N) is 1. The minimum atomic E-state index is -1.42. The Bertz CT molecular complexity index is 871. The molecule has 0 bridgehead atoms. The van der Waals surface area contributed by atoms with Crippen molar-refractivity contribution in [2.45, 2.75) is 30.8 Å². The van der Waals surface area contributed by atoms with E-state index in [0.717, 1.165) is 11.3 Å². The van der Waals surface area contributed by atoms with Crippen molar-refractivity contribution in [3.63, 3.8) is 0 Å². The number of benzene rings is 1. The number of nitrogens with two attached hydrogens (primary N) is 1. The van der Waals surface area contributed by atoms with Gasteiger partial charge in [0.2, 0.25) is 5.91 Å². The summed E-state index contributed by atoms with van der Waals surface area (Å²) < 4.78 is 0. The van der Waals surface area contributed by atoms with Crippen molar-refractivity contribution in [3.05, 3.63) is 53.3 Å². The van der Waals surface area contributed by atoms with E-state index in [9.17, 15) is 24.6 Å². The van der Waals surface area contributed by atoms with Crippen LogP contribution in [0.15, 0.2) is 47.7 Å². The fourth-order valence-electron chi connectivity index (χ4n) is 3.10. The van der Waals surface area contributed by atoms with Gasteiger partial charge in [0.1, 0.15) is 23.2 Å². The number of thioether (sulfide) groups is 1. The number of hydrogen-bond acceptors (Lipinski definition) is 7. The number of phenolic OH excluding ortho intramolecular Hbond substituents is 1. The molecule has 2 heterocycles. The van der Waals surface area contributed by atoms with E-state index < -0.39 is 35.2 Å². The summed E-state index contributed by atoms with van der Waals surface area (Å²) >= 11 is 1.37. The zero-order valence-corrected chi connectivity index (χ0v) is 18.9. The molecule has 1 aromatic carbocycles. The molecular formula is C19H20N3NaO5S. The SMILES string of the molecule is CC/C=C\C1=C(C(=O)[O-])N2C(=O)[C@@H](NC(=O)C(N)c3ccc(O)cc3)[C@@H]2SC1.[Na+]. The van der Waals surface area contributed by atoms with Crippen molar-refractivity contribution in [2.75, 3.05) is 5.75 Å². The van der Waals surface area contributed by atoms with Crippen LogP contribution in [-0.4, -0.2) is 45.0 Å². The maximum absolute atomic E-state index is 12.5. The van der Waals surface area contributed by atoms with Crippen molar-refractivity contribution in [1.82, 2.24) is 10.2 Å². The summed E-state index contributed by atoms with van der Waals surface area (Å²) in [4.78, 5) is 37.7. The molecule has 0 radical (unpaired) electrons. The fraction of sp³-hybridized carbons (Fsp3) is 0.316. The first-order valence-corrected chi connectivity index (χ1v) is 9.80. The molecule has 0 aliphatic carbocycles. The fourth-order valence-corrected chi connectivity index (χ4v) is 4.41. The quantitative estimate of drug-likeness (QED) is 0.322. The average molecular weight is 425 g/mol. The van der Waals surface area contributed by atoms with Gasteiger partial charge < -0.3 is 26.1 Å². The van der Waals surface area contributed by atoms with Gasteiger partial charge in [-0.2, -0.15) is 0 Å². The van der Waals surface area contributed by atoms with Crippen LogP contribution in [0.25, 0.3) is 0 Å². The van der Waals surface area contributed by atoms with Crippen LogP contribution >= 0.6 is 11.8 Å². The van der Waals surface area contributed by atoms with Gasteiger partial charge >= 0.3 is 29.6 Å². The van der Waals surface area contributed by atoms with E-state index in [4.69, 9.17) is 5.73 Å². The first-order chi connectivity index (χ1) is 13.3. The Kier molecular flexibility index (Phi) is 7.95. The molecule has 4 N–H and O–H groups in total. The summed E-state index contributed by atoms with van der Waals surface area (Å²) in [5.74, 6) is -2.04. The number of phenols is 1. The van der Waals surface area contributed by atoms with Crippen molar-refractivity contribution < 1.29 is 54.2 Å². The predicted molar refractivity (Wildman–Crippen MR) is 102 cm³/mol. The number of carbonyl (C=O) groups is 3. The zero-order valence-electron chi connectivity index (χ0n) is 16.1. The molecule has 29 heavy (non-hydrogen) atoms. The number of allylic oxidation sites excluding steroid dienone is 2. The topological polar surface area (TPSA) is 136 Å². The van der Waals surface area contributed by atoms with Gasteiger partial charge in [-0.15, -0.1) is 11.8 Å². The number of carboxylic acid groups (broad SMARTS) is 1. The van der Waals surface area contributed by atoms with Crippen LogP contribution in [0.5, 0.6) is 5.75 Å². The maximum Gasteiger partial charge on any atom is 1.00 e. The number of β-lactam (4-membered cyclic amide) rings is 1.